The lowest BCUT2D eigenvalue weighted by Crippen LogP contribution is -2.36. The minimum Gasteiger partial charge on any atom is -0.374 e. The van der Waals surface area contributed by atoms with Gasteiger partial charge in [-0.05, 0) is 49.9 Å². The highest BCUT2D eigenvalue weighted by atomic mass is 16.2. The summed E-state index contributed by atoms with van der Waals surface area (Å²) in [4.78, 5) is 26.9. The maximum absolute atomic E-state index is 12.3. The maximum Gasteiger partial charge on any atom is 0.243 e. The molecule has 0 saturated carbocycles. The lowest BCUT2D eigenvalue weighted by Gasteiger charge is -2.25. The van der Waals surface area contributed by atoms with Gasteiger partial charge in [0.25, 0.3) is 0 Å². The van der Waals surface area contributed by atoms with Crippen molar-refractivity contribution in [3.05, 3.63) is 53.6 Å². The molecule has 0 aromatic heterocycles. The first-order valence-corrected chi connectivity index (χ1v) is 10.7. The van der Waals surface area contributed by atoms with Crippen molar-refractivity contribution in [2.45, 2.75) is 39.5 Å². The molecule has 2 aromatic carbocycles. The second kappa shape index (κ2) is 10.7. The summed E-state index contributed by atoms with van der Waals surface area (Å²) in [6.45, 7) is 6.07. The van der Waals surface area contributed by atoms with Gasteiger partial charge in [0.05, 0.1) is 24.5 Å². The van der Waals surface area contributed by atoms with Gasteiger partial charge < -0.3 is 20.9 Å². The Balaban J connectivity index is 1.50. The zero-order chi connectivity index (χ0) is 21.3. The third-order valence-corrected chi connectivity index (χ3v) is 5.48. The average Bonchev–Trinajstić information content (AvgIpc) is 3.03. The Morgan fingerprint density at radius 1 is 0.833 bits per heavy atom. The fraction of sp³-hybridized carbons (Fsp3) is 0.417. The summed E-state index contributed by atoms with van der Waals surface area (Å²) in [6, 6.07) is 14.0. The molecule has 3 N–H and O–H groups in total. The number of carbonyl (C=O) groups is 2. The van der Waals surface area contributed by atoms with E-state index in [9.17, 15) is 9.59 Å². The van der Waals surface area contributed by atoms with Crippen molar-refractivity contribution in [1.29, 1.82) is 0 Å². The minimum absolute atomic E-state index is 0.0535. The molecule has 0 atom stereocenters. The highest BCUT2D eigenvalue weighted by Gasteiger charge is 2.14. The van der Waals surface area contributed by atoms with Gasteiger partial charge in [0.1, 0.15) is 0 Å². The van der Waals surface area contributed by atoms with E-state index in [-0.39, 0.29) is 24.9 Å². The highest BCUT2D eigenvalue weighted by molar-refractivity contribution is 5.96. The average molecular weight is 409 g/mol. The quantitative estimate of drug-likeness (QED) is 0.651. The van der Waals surface area contributed by atoms with Crippen LogP contribution in [0.15, 0.2) is 42.5 Å². The van der Waals surface area contributed by atoms with Crippen LogP contribution in [0.25, 0.3) is 0 Å². The van der Waals surface area contributed by atoms with Crippen LogP contribution < -0.4 is 20.9 Å². The summed E-state index contributed by atoms with van der Waals surface area (Å²) in [5.74, 6) is -0.442. The number of rotatable bonds is 7. The molecule has 2 aromatic rings. The van der Waals surface area contributed by atoms with Crippen LogP contribution in [-0.2, 0) is 9.59 Å². The lowest BCUT2D eigenvalue weighted by molar-refractivity contribution is -0.122. The first-order valence-electron chi connectivity index (χ1n) is 10.7. The van der Waals surface area contributed by atoms with Gasteiger partial charge in [-0.25, -0.2) is 0 Å². The number of hydrogen-bond donors (Lipinski definition) is 3. The molecule has 3 rings (SSSR count). The molecule has 1 fully saturated rings. The van der Waals surface area contributed by atoms with Crippen LogP contribution in [0.2, 0.25) is 0 Å². The molecule has 6 heteroatoms. The zero-order valence-corrected chi connectivity index (χ0v) is 18.0. The van der Waals surface area contributed by atoms with Gasteiger partial charge in [0, 0.05) is 18.8 Å². The van der Waals surface area contributed by atoms with Gasteiger partial charge in [-0.2, -0.15) is 0 Å². The predicted molar refractivity (Wildman–Crippen MR) is 123 cm³/mol. The highest BCUT2D eigenvalue weighted by Crippen LogP contribution is 2.27. The predicted octanol–water partition coefficient (Wildman–Crippen LogP) is 3.85. The molecule has 1 aliphatic heterocycles. The number of nitrogens with one attached hydrogen (secondary N) is 3. The molecule has 2 amide bonds. The summed E-state index contributed by atoms with van der Waals surface area (Å²) in [7, 11) is 0. The number of aryl methyl sites for hydroxylation is 2. The fourth-order valence-corrected chi connectivity index (χ4v) is 3.82. The van der Waals surface area contributed by atoms with E-state index in [2.05, 4.69) is 26.9 Å². The summed E-state index contributed by atoms with van der Waals surface area (Å²) in [6.07, 6.45) is 4.95. The summed E-state index contributed by atoms with van der Waals surface area (Å²) in [5.41, 5.74) is 4.90. The van der Waals surface area contributed by atoms with Crippen LogP contribution in [0, 0.1) is 13.8 Å². The minimum atomic E-state index is -0.231. The largest absolute Gasteiger partial charge is 0.374 e. The molecule has 0 bridgehead atoms. The Labute approximate surface area is 179 Å². The first kappa shape index (κ1) is 21.7. The Hall–Kier alpha value is -3.02. The molecule has 0 unspecified atom stereocenters. The van der Waals surface area contributed by atoms with E-state index in [1.54, 1.807) is 0 Å². The summed E-state index contributed by atoms with van der Waals surface area (Å²) in [5, 5.41) is 8.82. The Morgan fingerprint density at radius 3 is 2.20 bits per heavy atom. The van der Waals surface area contributed by atoms with E-state index in [1.165, 1.54) is 25.7 Å². The van der Waals surface area contributed by atoms with Crippen LogP contribution in [0.3, 0.4) is 0 Å². The molecular formula is C24H32N4O2. The Kier molecular flexibility index (Phi) is 7.71. The molecule has 6 nitrogen and oxygen atoms in total. The smallest absolute Gasteiger partial charge is 0.243 e. The molecule has 1 aliphatic rings. The number of carbonyl (C=O) groups excluding carboxylic acids is 2. The monoisotopic (exact) mass is 408 g/mol. The topological polar surface area (TPSA) is 73.5 Å². The van der Waals surface area contributed by atoms with Crippen molar-refractivity contribution < 1.29 is 9.59 Å². The Bertz CT molecular complexity index is 853. The van der Waals surface area contributed by atoms with Crippen LogP contribution in [-0.4, -0.2) is 38.0 Å². The van der Waals surface area contributed by atoms with Crippen LogP contribution in [0.4, 0.5) is 17.1 Å². The van der Waals surface area contributed by atoms with Crippen LogP contribution in [0.1, 0.15) is 36.8 Å². The molecule has 0 radical (unpaired) electrons. The Morgan fingerprint density at radius 2 is 1.50 bits per heavy atom. The number of anilines is 3. The second-order valence-corrected chi connectivity index (χ2v) is 7.86. The molecule has 0 spiro atoms. The number of benzene rings is 2. The van der Waals surface area contributed by atoms with Crippen molar-refractivity contribution in [3.63, 3.8) is 0 Å². The number of amides is 2. The molecule has 30 heavy (non-hydrogen) atoms. The van der Waals surface area contributed by atoms with E-state index in [1.807, 2.05) is 50.2 Å². The summed E-state index contributed by atoms with van der Waals surface area (Å²) < 4.78 is 0. The van der Waals surface area contributed by atoms with Gasteiger partial charge in [0.2, 0.25) is 11.8 Å². The number of para-hydroxylation sites is 3. The third-order valence-electron chi connectivity index (χ3n) is 5.48. The van der Waals surface area contributed by atoms with Gasteiger partial charge in [-0.3, -0.25) is 9.59 Å². The maximum atomic E-state index is 12.3. The number of hydrogen-bond acceptors (Lipinski definition) is 4. The SMILES string of the molecule is Cc1cccc(C)c1NC(=O)CNC(=O)CNc1ccccc1N1CCCCCC1. The standard InChI is InChI=1S/C24H32N4O2/c1-18-10-9-11-19(2)24(18)27-23(30)17-26-22(29)16-25-20-12-5-6-13-21(20)28-14-7-3-4-8-15-28/h5-6,9-13,25H,3-4,7-8,14-17H2,1-2H3,(H,26,29)(H,27,30). The van der Waals surface area contributed by atoms with Crippen molar-refractivity contribution in [1.82, 2.24) is 5.32 Å². The zero-order valence-electron chi connectivity index (χ0n) is 18.0. The molecule has 1 saturated heterocycles. The van der Waals surface area contributed by atoms with Gasteiger partial charge in [-0.1, -0.05) is 43.2 Å². The summed E-state index contributed by atoms with van der Waals surface area (Å²) >= 11 is 0. The third kappa shape index (κ3) is 5.99. The normalized spacial score (nSPS) is 14.0. The first-order chi connectivity index (χ1) is 14.5. The molecule has 1 heterocycles. The van der Waals surface area contributed by atoms with Crippen LogP contribution in [0.5, 0.6) is 0 Å². The van der Waals surface area contributed by atoms with E-state index in [0.717, 1.165) is 41.3 Å². The van der Waals surface area contributed by atoms with E-state index >= 15 is 0 Å². The number of nitrogens with zero attached hydrogens (tertiary/aromatic N) is 1. The van der Waals surface area contributed by atoms with E-state index < -0.39 is 0 Å². The van der Waals surface area contributed by atoms with Crippen molar-refractivity contribution in [3.8, 4) is 0 Å². The van der Waals surface area contributed by atoms with Crippen molar-refractivity contribution in [2.24, 2.45) is 0 Å². The molecular weight excluding hydrogens is 376 g/mol. The van der Waals surface area contributed by atoms with Crippen LogP contribution >= 0.6 is 0 Å². The van der Waals surface area contributed by atoms with E-state index in [4.69, 9.17) is 0 Å². The fourth-order valence-electron chi connectivity index (χ4n) is 3.82. The van der Waals surface area contributed by atoms with Crippen molar-refractivity contribution >= 4 is 28.9 Å². The lowest BCUT2D eigenvalue weighted by atomic mass is 10.1. The van der Waals surface area contributed by atoms with Gasteiger partial charge >= 0.3 is 0 Å². The second-order valence-electron chi connectivity index (χ2n) is 7.86. The van der Waals surface area contributed by atoms with E-state index in [0.29, 0.717) is 0 Å². The van der Waals surface area contributed by atoms with Gasteiger partial charge in [-0.15, -0.1) is 0 Å². The van der Waals surface area contributed by atoms with Gasteiger partial charge in [0.15, 0.2) is 0 Å². The van der Waals surface area contributed by atoms with Crippen molar-refractivity contribution in [2.75, 3.05) is 41.7 Å². The molecule has 0 aliphatic carbocycles. The molecule has 160 valence electrons.